The lowest BCUT2D eigenvalue weighted by atomic mass is 9.98. The molecule has 3 aromatic heterocycles. The van der Waals surface area contributed by atoms with Crippen LogP contribution in [0.25, 0.3) is 11.0 Å². The van der Waals surface area contributed by atoms with Crippen LogP contribution in [0.1, 0.15) is 42.7 Å². The Morgan fingerprint density at radius 2 is 2.16 bits per heavy atom. The third kappa shape index (κ3) is 2.54. The highest BCUT2D eigenvalue weighted by atomic mass is 16.1. The SMILES string of the molecule is Cc1cc(NC(=O)c2cn(C(C)(C)C3CC3)c3ncnc(N)c23)n[nH]1. The number of anilines is 2. The van der Waals surface area contributed by atoms with Crippen LogP contribution in [-0.4, -0.2) is 30.6 Å². The lowest BCUT2D eigenvalue weighted by molar-refractivity contribution is 0.102. The number of carbonyl (C=O) groups is 1. The molecule has 1 fully saturated rings. The molecular weight excluding hydrogens is 318 g/mol. The zero-order chi connectivity index (χ0) is 17.8. The molecule has 1 saturated carbocycles. The summed E-state index contributed by atoms with van der Waals surface area (Å²) in [6.07, 6.45) is 5.64. The number of hydrogen-bond acceptors (Lipinski definition) is 5. The van der Waals surface area contributed by atoms with Gasteiger partial charge in [0.05, 0.1) is 10.9 Å². The molecule has 0 spiro atoms. The zero-order valence-electron chi connectivity index (χ0n) is 14.5. The van der Waals surface area contributed by atoms with E-state index in [9.17, 15) is 4.79 Å². The van der Waals surface area contributed by atoms with E-state index in [0.717, 1.165) is 5.69 Å². The molecule has 8 heteroatoms. The smallest absolute Gasteiger partial charge is 0.259 e. The van der Waals surface area contributed by atoms with Crippen LogP contribution in [0.15, 0.2) is 18.6 Å². The second kappa shape index (κ2) is 5.30. The Kier molecular flexibility index (Phi) is 3.31. The van der Waals surface area contributed by atoms with Gasteiger partial charge in [-0.3, -0.25) is 9.89 Å². The van der Waals surface area contributed by atoms with Gasteiger partial charge in [0.15, 0.2) is 5.82 Å². The molecule has 25 heavy (non-hydrogen) atoms. The fraction of sp³-hybridized carbons (Fsp3) is 0.412. The Hall–Kier alpha value is -2.90. The van der Waals surface area contributed by atoms with Crippen LogP contribution in [-0.2, 0) is 5.54 Å². The quantitative estimate of drug-likeness (QED) is 0.675. The van der Waals surface area contributed by atoms with Crippen molar-refractivity contribution < 1.29 is 4.79 Å². The average Bonchev–Trinajstić information content (AvgIpc) is 3.23. The van der Waals surface area contributed by atoms with Crippen molar-refractivity contribution in [2.45, 2.75) is 39.2 Å². The fourth-order valence-corrected chi connectivity index (χ4v) is 3.35. The summed E-state index contributed by atoms with van der Waals surface area (Å²) >= 11 is 0. The molecule has 0 bridgehead atoms. The first-order valence-corrected chi connectivity index (χ1v) is 8.33. The summed E-state index contributed by atoms with van der Waals surface area (Å²) < 4.78 is 2.06. The van der Waals surface area contributed by atoms with Crippen molar-refractivity contribution in [3.63, 3.8) is 0 Å². The number of nitrogens with two attached hydrogens (primary N) is 1. The highest BCUT2D eigenvalue weighted by Gasteiger charge is 2.40. The van der Waals surface area contributed by atoms with E-state index in [1.54, 1.807) is 6.07 Å². The third-order valence-electron chi connectivity index (χ3n) is 5.00. The lowest BCUT2D eigenvalue weighted by Gasteiger charge is -2.27. The number of nitrogens with zero attached hydrogens (tertiary/aromatic N) is 4. The molecule has 1 aliphatic carbocycles. The first kappa shape index (κ1) is 15.6. The van der Waals surface area contributed by atoms with Crippen LogP contribution in [0.5, 0.6) is 0 Å². The monoisotopic (exact) mass is 339 g/mol. The van der Waals surface area contributed by atoms with E-state index in [0.29, 0.717) is 34.2 Å². The Balaban J connectivity index is 1.82. The third-order valence-corrected chi connectivity index (χ3v) is 5.00. The van der Waals surface area contributed by atoms with Gasteiger partial charge in [-0.15, -0.1) is 0 Å². The molecule has 0 atom stereocenters. The van der Waals surface area contributed by atoms with Gasteiger partial charge in [-0.1, -0.05) is 0 Å². The summed E-state index contributed by atoms with van der Waals surface area (Å²) in [5.41, 5.74) is 7.96. The van der Waals surface area contributed by atoms with E-state index < -0.39 is 0 Å². The summed E-state index contributed by atoms with van der Waals surface area (Å²) in [7, 11) is 0. The van der Waals surface area contributed by atoms with Crippen molar-refractivity contribution in [3.8, 4) is 0 Å². The number of carbonyl (C=O) groups excluding carboxylic acids is 1. The maximum absolute atomic E-state index is 12.8. The Labute approximate surface area is 144 Å². The maximum Gasteiger partial charge on any atom is 0.259 e. The number of amides is 1. The lowest BCUT2D eigenvalue weighted by Crippen LogP contribution is -2.28. The molecule has 0 unspecified atom stereocenters. The molecule has 0 aliphatic heterocycles. The summed E-state index contributed by atoms with van der Waals surface area (Å²) in [5, 5.41) is 10.2. The van der Waals surface area contributed by atoms with Gasteiger partial charge < -0.3 is 15.6 Å². The van der Waals surface area contributed by atoms with Crippen molar-refractivity contribution in [1.82, 2.24) is 24.7 Å². The van der Waals surface area contributed by atoms with Gasteiger partial charge in [0.1, 0.15) is 17.8 Å². The standard InChI is InChI=1S/C17H21N7O/c1-9-6-12(23-22-9)21-16(25)11-7-24(17(2,3)10-4-5-10)15-13(11)14(18)19-8-20-15/h6-8,10H,4-5H2,1-3H3,(H2,18,19,20)(H2,21,22,23,25). The fourth-order valence-electron chi connectivity index (χ4n) is 3.35. The van der Waals surface area contributed by atoms with E-state index in [-0.39, 0.29) is 11.4 Å². The number of nitrogens with one attached hydrogen (secondary N) is 2. The van der Waals surface area contributed by atoms with Crippen LogP contribution in [0.4, 0.5) is 11.6 Å². The van der Waals surface area contributed by atoms with Crippen molar-refractivity contribution in [2.75, 3.05) is 11.1 Å². The van der Waals surface area contributed by atoms with Crippen molar-refractivity contribution >= 4 is 28.6 Å². The number of aromatic amines is 1. The van der Waals surface area contributed by atoms with Gasteiger partial charge in [-0.05, 0) is 39.5 Å². The van der Waals surface area contributed by atoms with Crippen LogP contribution >= 0.6 is 0 Å². The molecule has 0 aromatic carbocycles. The van der Waals surface area contributed by atoms with Gasteiger partial charge in [0.2, 0.25) is 0 Å². The highest BCUT2D eigenvalue weighted by molar-refractivity contribution is 6.14. The second-order valence-electron chi connectivity index (χ2n) is 7.19. The molecule has 130 valence electrons. The normalized spacial score (nSPS) is 14.8. The van der Waals surface area contributed by atoms with E-state index in [1.165, 1.54) is 19.2 Å². The molecule has 1 amide bonds. The van der Waals surface area contributed by atoms with Gasteiger partial charge in [-0.2, -0.15) is 5.10 Å². The first-order valence-electron chi connectivity index (χ1n) is 8.33. The number of hydrogen-bond donors (Lipinski definition) is 3. The minimum absolute atomic E-state index is 0.138. The first-order chi connectivity index (χ1) is 11.9. The van der Waals surface area contributed by atoms with Crippen molar-refractivity contribution in [3.05, 3.63) is 29.8 Å². The largest absolute Gasteiger partial charge is 0.383 e. The predicted octanol–water partition coefficient (Wildman–Crippen LogP) is 2.44. The predicted molar refractivity (Wildman–Crippen MR) is 95.3 cm³/mol. The zero-order valence-corrected chi connectivity index (χ0v) is 14.5. The van der Waals surface area contributed by atoms with Crippen LogP contribution in [0, 0.1) is 12.8 Å². The Bertz CT molecular complexity index is 965. The topological polar surface area (TPSA) is 115 Å². The van der Waals surface area contributed by atoms with E-state index >= 15 is 0 Å². The van der Waals surface area contributed by atoms with Gasteiger partial charge in [0, 0.05) is 23.5 Å². The number of H-pyrrole nitrogens is 1. The number of nitrogen functional groups attached to an aromatic ring is 1. The molecule has 4 rings (SSSR count). The number of aromatic nitrogens is 5. The highest BCUT2D eigenvalue weighted by Crippen LogP contribution is 2.45. The molecule has 0 saturated heterocycles. The summed E-state index contributed by atoms with van der Waals surface area (Å²) in [6, 6.07) is 1.77. The molecule has 1 aliphatic rings. The van der Waals surface area contributed by atoms with Crippen LogP contribution < -0.4 is 11.1 Å². The summed E-state index contributed by atoms with van der Waals surface area (Å²) in [6.45, 7) is 6.21. The minimum atomic E-state index is -0.275. The molecular formula is C17H21N7O. The maximum atomic E-state index is 12.8. The van der Waals surface area contributed by atoms with Crippen LogP contribution in [0.2, 0.25) is 0 Å². The second-order valence-corrected chi connectivity index (χ2v) is 7.19. The van der Waals surface area contributed by atoms with Gasteiger partial charge in [0.25, 0.3) is 5.91 Å². The molecule has 0 radical (unpaired) electrons. The minimum Gasteiger partial charge on any atom is -0.383 e. The van der Waals surface area contributed by atoms with Gasteiger partial charge in [-0.25, -0.2) is 9.97 Å². The molecule has 4 N–H and O–H groups in total. The molecule has 8 nitrogen and oxygen atoms in total. The van der Waals surface area contributed by atoms with Gasteiger partial charge >= 0.3 is 0 Å². The van der Waals surface area contributed by atoms with Crippen molar-refractivity contribution in [2.24, 2.45) is 5.92 Å². The number of fused-ring (bicyclic) bond motifs is 1. The Morgan fingerprint density at radius 1 is 1.40 bits per heavy atom. The Morgan fingerprint density at radius 3 is 2.80 bits per heavy atom. The average molecular weight is 339 g/mol. The molecule has 3 heterocycles. The summed E-state index contributed by atoms with van der Waals surface area (Å²) in [5.74, 6) is 1.08. The van der Waals surface area contributed by atoms with Crippen LogP contribution in [0.3, 0.4) is 0 Å². The van der Waals surface area contributed by atoms with Crippen molar-refractivity contribution in [1.29, 1.82) is 0 Å². The number of aryl methyl sites for hydroxylation is 1. The summed E-state index contributed by atoms with van der Waals surface area (Å²) in [4.78, 5) is 21.3. The number of rotatable bonds is 4. The van der Waals surface area contributed by atoms with E-state index in [4.69, 9.17) is 5.73 Å². The van der Waals surface area contributed by atoms with E-state index in [1.807, 2.05) is 13.1 Å². The molecule has 3 aromatic rings. The van der Waals surface area contributed by atoms with E-state index in [2.05, 4.69) is 43.9 Å².